The highest BCUT2D eigenvalue weighted by atomic mass is 19.3. The Bertz CT molecular complexity index is 650. The van der Waals surface area contributed by atoms with Crippen LogP contribution in [0.4, 0.5) is 8.78 Å². The number of hydrogen-bond acceptors (Lipinski definition) is 7. The second-order valence-corrected chi connectivity index (χ2v) is 5.60. The summed E-state index contributed by atoms with van der Waals surface area (Å²) in [5.41, 5.74) is 0.243. The van der Waals surface area contributed by atoms with E-state index < -0.39 is 55.4 Å². The van der Waals surface area contributed by atoms with Crippen molar-refractivity contribution in [3.05, 3.63) is 35.9 Å². The van der Waals surface area contributed by atoms with Gasteiger partial charge in [-0.15, -0.1) is 0 Å². The van der Waals surface area contributed by atoms with Crippen LogP contribution in [0, 0.1) is 5.92 Å². The summed E-state index contributed by atoms with van der Waals surface area (Å²) in [6.07, 6.45) is -7.27. The molecule has 1 aromatic carbocycles. The molecule has 0 bridgehead atoms. The van der Waals surface area contributed by atoms with Crippen LogP contribution in [-0.4, -0.2) is 49.4 Å². The zero-order valence-electron chi connectivity index (χ0n) is 14.1. The summed E-state index contributed by atoms with van der Waals surface area (Å²) in [5, 5.41) is 0. The number of esters is 3. The van der Waals surface area contributed by atoms with Crippen molar-refractivity contribution in [3.8, 4) is 0 Å². The molecular formula is C17H18F2O7. The van der Waals surface area contributed by atoms with Gasteiger partial charge in [0.25, 0.3) is 0 Å². The Hall–Kier alpha value is -2.55. The third kappa shape index (κ3) is 4.98. The molecule has 0 saturated carbocycles. The Kier molecular flexibility index (Phi) is 6.62. The molecule has 142 valence electrons. The first-order valence-corrected chi connectivity index (χ1v) is 7.79. The molecule has 0 radical (unpaired) electrons. The van der Waals surface area contributed by atoms with Crippen molar-refractivity contribution < 1.29 is 42.1 Å². The van der Waals surface area contributed by atoms with Gasteiger partial charge in [0.15, 0.2) is 6.10 Å². The zero-order valence-corrected chi connectivity index (χ0v) is 14.1. The summed E-state index contributed by atoms with van der Waals surface area (Å²) < 4.78 is 47.0. The summed E-state index contributed by atoms with van der Waals surface area (Å²) in [5.74, 6) is -3.96. The molecule has 9 heteroatoms. The predicted molar refractivity (Wildman–Crippen MR) is 82.2 cm³/mol. The van der Waals surface area contributed by atoms with Gasteiger partial charge in [-0.25, -0.2) is 13.6 Å². The molecule has 1 unspecified atom stereocenters. The first kappa shape index (κ1) is 19.8. The summed E-state index contributed by atoms with van der Waals surface area (Å²) in [4.78, 5) is 34.3. The van der Waals surface area contributed by atoms with E-state index >= 15 is 0 Å². The van der Waals surface area contributed by atoms with Crippen LogP contribution in [0.2, 0.25) is 0 Å². The normalized spacial score (nSPS) is 25.0. The average Bonchev–Trinajstić information content (AvgIpc) is 2.89. The van der Waals surface area contributed by atoms with Crippen molar-refractivity contribution in [3.63, 3.8) is 0 Å². The molecule has 1 aliphatic heterocycles. The largest absolute Gasteiger partial charge is 0.459 e. The van der Waals surface area contributed by atoms with E-state index in [0.717, 1.165) is 13.8 Å². The van der Waals surface area contributed by atoms with Crippen LogP contribution >= 0.6 is 0 Å². The molecule has 7 nitrogen and oxygen atoms in total. The highest BCUT2D eigenvalue weighted by Gasteiger charge is 2.53. The number of hydrogen-bond donors (Lipinski definition) is 0. The fourth-order valence-corrected chi connectivity index (χ4v) is 2.59. The third-order valence-corrected chi connectivity index (χ3v) is 3.65. The molecule has 1 aromatic rings. The van der Waals surface area contributed by atoms with E-state index in [1.165, 1.54) is 12.1 Å². The van der Waals surface area contributed by atoms with Gasteiger partial charge >= 0.3 is 17.9 Å². The molecule has 26 heavy (non-hydrogen) atoms. The Morgan fingerprint density at radius 3 is 2.23 bits per heavy atom. The molecule has 0 aromatic heterocycles. The third-order valence-electron chi connectivity index (χ3n) is 3.65. The topological polar surface area (TPSA) is 88.1 Å². The van der Waals surface area contributed by atoms with Gasteiger partial charge in [-0.1, -0.05) is 18.2 Å². The van der Waals surface area contributed by atoms with Gasteiger partial charge in [0, 0.05) is 13.8 Å². The molecular weight excluding hydrogens is 354 g/mol. The number of ether oxygens (including phenoxy) is 4. The molecule has 1 heterocycles. The van der Waals surface area contributed by atoms with Crippen LogP contribution in [0.3, 0.4) is 0 Å². The zero-order chi connectivity index (χ0) is 19.3. The van der Waals surface area contributed by atoms with Crippen molar-refractivity contribution in [2.45, 2.75) is 38.8 Å². The lowest BCUT2D eigenvalue weighted by Gasteiger charge is -2.22. The van der Waals surface area contributed by atoms with Crippen LogP contribution in [0.1, 0.15) is 24.2 Å². The summed E-state index contributed by atoms with van der Waals surface area (Å²) in [6.45, 7) is 1.59. The summed E-state index contributed by atoms with van der Waals surface area (Å²) in [6, 6.07) is 7.96. The van der Waals surface area contributed by atoms with E-state index in [1.807, 2.05) is 0 Å². The Balaban J connectivity index is 2.11. The highest BCUT2D eigenvalue weighted by Crippen LogP contribution is 2.35. The maximum Gasteiger partial charge on any atom is 0.338 e. The van der Waals surface area contributed by atoms with Gasteiger partial charge < -0.3 is 18.9 Å². The highest BCUT2D eigenvalue weighted by molar-refractivity contribution is 5.89. The number of halogens is 2. The smallest absolute Gasteiger partial charge is 0.338 e. The maximum atomic E-state index is 13.5. The van der Waals surface area contributed by atoms with Crippen molar-refractivity contribution in [2.75, 3.05) is 6.61 Å². The summed E-state index contributed by atoms with van der Waals surface area (Å²) >= 11 is 0. The first-order chi connectivity index (χ1) is 12.3. The van der Waals surface area contributed by atoms with Crippen molar-refractivity contribution in [1.29, 1.82) is 0 Å². The van der Waals surface area contributed by atoms with E-state index in [4.69, 9.17) is 18.9 Å². The molecule has 1 saturated heterocycles. The fourth-order valence-electron chi connectivity index (χ4n) is 2.59. The number of rotatable bonds is 6. The predicted octanol–water partition coefficient (Wildman–Crippen LogP) is 1.94. The molecule has 2 rings (SSSR count). The second kappa shape index (κ2) is 8.70. The van der Waals surface area contributed by atoms with Crippen molar-refractivity contribution in [2.24, 2.45) is 5.92 Å². The van der Waals surface area contributed by atoms with Gasteiger partial charge in [-0.2, -0.15) is 0 Å². The standard InChI is InChI=1S/C17H18F2O7/c1-9(20)24-14-13(15(18)19)12(26-17(14)25-10(2)21)8-23-16(22)11-6-4-3-5-7-11/h3-7,12-15,17H,8H2,1-2H3/t12-,13-,14-,17?/m1/s1. The quantitative estimate of drug-likeness (QED) is 0.557. The van der Waals surface area contributed by atoms with Crippen molar-refractivity contribution >= 4 is 17.9 Å². The molecule has 0 spiro atoms. The van der Waals surface area contributed by atoms with Gasteiger partial charge in [-0.3, -0.25) is 9.59 Å². The first-order valence-electron chi connectivity index (χ1n) is 7.79. The van der Waals surface area contributed by atoms with Crippen LogP contribution in [0.25, 0.3) is 0 Å². The monoisotopic (exact) mass is 372 g/mol. The Morgan fingerprint density at radius 1 is 1.08 bits per heavy atom. The fraction of sp³-hybridized carbons (Fsp3) is 0.471. The molecule has 0 aliphatic carbocycles. The van der Waals surface area contributed by atoms with Gasteiger partial charge in [-0.05, 0) is 12.1 Å². The van der Waals surface area contributed by atoms with E-state index in [1.54, 1.807) is 18.2 Å². The Morgan fingerprint density at radius 2 is 1.69 bits per heavy atom. The van der Waals surface area contributed by atoms with Gasteiger partial charge in [0.1, 0.15) is 12.7 Å². The number of carbonyl (C=O) groups excluding carboxylic acids is 3. The molecule has 0 amide bonds. The van der Waals surface area contributed by atoms with E-state index in [0.29, 0.717) is 0 Å². The minimum absolute atomic E-state index is 0.243. The van der Waals surface area contributed by atoms with Crippen LogP contribution in [-0.2, 0) is 28.5 Å². The van der Waals surface area contributed by atoms with Gasteiger partial charge in [0.2, 0.25) is 12.7 Å². The van der Waals surface area contributed by atoms with Crippen LogP contribution < -0.4 is 0 Å². The van der Waals surface area contributed by atoms with Crippen LogP contribution in [0.15, 0.2) is 30.3 Å². The molecule has 4 atom stereocenters. The van der Waals surface area contributed by atoms with Gasteiger partial charge in [0.05, 0.1) is 11.5 Å². The van der Waals surface area contributed by atoms with Crippen molar-refractivity contribution in [1.82, 2.24) is 0 Å². The van der Waals surface area contributed by atoms with E-state index in [2.05, 4.69) is 0 Å². The summed E-state index contributed by atoms with van der Waals surface area (Å²) in [7, 11) is 0. The minimum atomic E-state index is -2.96. The number of alkyl halides is 2. The van der Waals surface area contributed by atoms with Crippen LogP contribution in [0.5, 0.6) is 0 Å². The lowest BCUT2D eigenvalue weighted by atomic mass is 9.99. The lowest BCUT2D eigenvalue weighted by Crippen LogP contribution is -2.39. The lowest BCUT2D eigenvalue weighted by molar-refractivity contribution is -0.196. The minimum Gasteiger partial charge on any atom is -0.459 e. The average molecular weight is 372 g/mol. The van der Waals surface area contributed by atoms with E-state index in [-0.39, 0.29) is 5.56 Å². The molecule has 1 fully saturated rings. The second-order valence-electron chi connectivity index (χ2n) is 5.60. The molecule has 0 N–H and O–H groups in total. The number of carbonyl (C=O) groups is 3. The SMILES string of the molecule is CC(=O)OC1O[C@H](COC(=O)c2ccccc2)[C@@H](C(F)F)[C@H]1OC(C)=O. The maximum absolute atomic E-state index is 13.5. The Labute approximate surface area is 148 Å². The number of benzene rings is 1. The molecule has 1 aliphatic rings. The van der Waals surface area contributed by atoms with E-state index in [9.17, 15) is 23.2 Å².